The number of urea groups is 1. The number of carbonyl (C=O) groups is 2. The van der Waals surface area contributed by atoms with Crippen LogP contribution in [0.15, 0.2) is 48.5 Å². The Bertz CT molecular complexity index is 1040. The Morgan fingerprint density at radius 1 is 1.14 bits per heavy atom. The third-order valence-electron chi connectivity index (χ3n) is 6.42. The normalized spacial score (nSPS) is 24.1. The van der Waals surface area contributed by atoms with Crippen molar-refractivity contribution < 1.29 is 33.3 Å². The topological polar surface area (TPSA) is 109 Å². The van der Waals surface area contributed by atoms with Crippen molar-refractivity contribution in [2.75, 3.05) is 32.2 Å². The molecule has 0 radical (unpaired) electrons. The molecule has 2 heterocycles. The Morgan fingerprint density at radius 2 is 1.92 bits per heavy atom. The van der Waals surface area contributed by atoms with Gasteiger partial charge in [-0.3, -0.25) is 4.79 Å². The molecule has 0 aromatic heterocycles. The molecule has 2 saturated heterocycles. The van der Waals surface area contributed by atoms with E-state index in [-0.39, 0.29) is 44.2 Å². The first-order valence-electron chi connectivity index (χ1n) is 12.1. The molecule has 4 rings (SSSR count). The van der Waals surface area contributed by atoms with E-state index < -0.39 is 24.1 Å². The van der Waals surface area contributed by atoms with Crippen LogP contribution in [0, 0.1) is 5.82 Å². The van der Waals surface area contributed by atoms with Gasteiger partial charge in [0.2, 0.25) is 5.91 Å². The lowest BCUT2D eigenvalue weighted by molar-refractivity contribution is -0.149. The van der Waals surface area contributed by atoms with Crippen molar-refractivity contribution in [2.45, 2.75) is 50.2 Å². The number of anilines is 1. The van der Waals surface area contributed by atoms with Crippen LogP contribution in [0.2, 0.25) is 0 Å². The van der Waals surface area contributed by atoms with Crippen molar-refractivity contribution in [1.82, 2.24) is 10.2 Å². The fraction of sp³-hybridized carbons (Fsp3) is 0.462. The molecule has 0 saturated carbocycles. The second-order valence-electron chi connectivity index (χ2n) is 9.01. The van der Waals surface area contributed by atoms with Crippen LogP contribution in [-0.4, -0.2) is 73.2 Å². The lowest BCUT2D eigenvalue weighted by atomic mass is 9.95. The van der Waals surface area contributed by atoms with Crippen LogP contribution >= 0.6 is 0 Å². The minimum Gasteiger partial charge on any atom is -0.496 e. The first-order valence-corrected chi connectivity index (χ1v) is 12.1. The van der Waals surface area contributed by atoms with E-state index in [2.05, 4.69) is 10.6 Å². The number of benzene rings is 2. The van der Waals surface area contributed by atoms with Gasteiger partial charge in [-0.15, -0.1) is 0 Å². The van der Waals surface area contributed by atoms with E-state index in [1.54, 1.807) is 12.0 Å². The third kappa shape index (κ3) is 6.71. The van der Waals surface area contributed by atoms with Gasteiger partial charge in [-0.25, -0.2) is 9.18 Å². The van der Waals surface area contributed by atoms with Gasteiger partial charge in [0.15, 0.2) is 0 Å². The van der Waals surface area contributed by atoms with E-state index in [1.807, 2.05) is 24.3 Å². The highest BCUT2D eigenvalue weighted by molar-refractivity contribution is 5.89. The Kier molecular flexibility index (Phi) is 8.74. The lowest BCUT2D eigenvalue weighted by Crippen LogP contribution is -2.58. The van der Waals surface area contributed by atoms with Crippen molar-refractivity contribution in [3.63, 3.8) is 0 Å². The van der Waals surface area contributed by atoms with Crippen molar-refractivity contribution in [2.24, 2.45) is 0 Å². The Labute approximate surface area is 209 Å². The van der Waals surface area contributed by atoms with Crippen LogP contribution in [0.1, 0.15) is 24.8 Å². The minimum absolute atomic E-state index is 0.0664. The summed E-state index contributed by atoms with van der Waals surface area (Å²) >= 11 is 0. The van der Waals surface area contributed by atoms with Crippen molar-refractivity contribution >= 4 is 17.6 Å². The summed E-state index contributed by atoms with van der Waals surface area (Å²) in [5.74, 6) is 0.172. The number of ether oxygens (including phenoxy) is 3. The zero-order valence-electron chi connectivity index (χ0n) is 20.2. The average Bonchev–Trinajstić information content (AvgIpc) is 2.87. The quantitative estimate of drug-likeness (QED) is 0.562. The summed E-state index contributed by atoms with van der Waals surface area (Å²) in [6.07, 6.45) is -0.274. The Morgan fingerprint density at radius 3 is 2.69 bits per heavy atom. The maximum atomic E-state index is 13.2. The molecule has 2 aromatic carbocycles. The molecule has 9 nitrogen and oxygen atoms in total. The fourth-order valence-corrected chi connectivity index (χ4v) is 4.62. The minimum atomic E-state index is -0.844. The molecular weight excluding hydrogens is 469 g/mol. The summed E-state index contributed by atoms with van der Waals surface area (Å²) < 4.78 is 30.4. The zero-order valence-corrected chi connectivity index (χ0v) is 20.2. The van der Waals surface area contributed by atoms with E-state index in [0.29, 0.717) is 30.8 Å². The number of fused-ring (bicyclic) bond motifs is 1. The summed E-state index contributed by atoms with van der Waals surface area (Å²) in [5, 5.41) is 16.0. The van der Waals surface area contributed by atoms with Crippen molar-refractivity contribution in [3.05, 3.63) is 59.9 Å². The first kappa shape index (κ1) is 25.9. The van der Waals surface area contributed by atoms with E-state index in [9.17, 15) is 19.1 Å². The van der Waals surface area contributed by atoms with Gasteiger partial charge in [-0.2, -0.15) is 0 Å². The summed E-state index contributed by atoms with van der Waals surface area (Å²) in [5.41, 5.74) is 1.33. The van der Waals surface area contributed by atoms with Crippen molar-refractivity contribution in [1.29, 1.82) is 0 Å². The zero-order chi connectivity index (χ0) is 25.5. The Balaban J connectivity index is 1.35. The monoisotopic (exact) mass is 501 g/mol. The maximum Gasteiger partial charge on any atom is 0.322 e. The molecule has 2 fully saturated rings. The summed E-state index contributed by atoms with van der Waals surface area (Å²) in [6.45, 7) is 0.680. The van der Waals surface area contributed by atoms with Gasteiger partial charge in [-0.1, -0.05) is 18.2 Å². The van der Waals surface area contributed by atoms with Gasteiger partial charge in [0.25, 0.3) is 0 Å². The predicted molar refractivity (Wildman–Crippen MR) is 130 cm³/mol. The number of para-hydroxylation sites is 1. The number of methoxy groups -OCH3 is 1. The number of halogens is 1. The predicted octanol–water partition coefficient (Wildman–Crippen LogP) is 2.68. The summed E-state index contributed by atoms with van der Waals surface area (Å²) in [4.78, 5) is 27.3. The molecule has 2 aliphatic rings. The molecule has 0 unspecified atom stereocenters. The van der Waals surface area contributed by atoms with E-state index in [4.69, 9.17) is 14.2 Å². The highest BCUT2D eigenvalue weighted by Gasteiger charge is 2.40. The summed E-state index contributed by atoms with van der Waals surface area (Å²) in [7, 11) is 1.59. The number of aliphatic hydroxyl groups excluding tert-OH is 1. The lowest BCUT2D eigenvalue weighted by Gasteiger charge is -2.44. The summed E-state index contributed by atoms with van der Waals surface area (Å²) in [6, 6.07) is 12.2. The van der Waals surface area contributed by atoms with Gasteiger partial charge < -0.3 is 34.9 Å². The third-order valence-corrected chi connectivity index (χ3v) is 6.42. The van der Waals surface area contributed by atoms with Crippen molar-refractivity contribution in [3.8, 4) is 5.75 Å². The fourth-order valence-electron chi connectivity index (χ4n) is 4.62. The molecule has 3 amide bonds. The number of hydrogen-bond donors (Lipinski definition) is 3. The Hall–Kier alpha value is -3.21. The number of β-amino-alcohol motifs (C(OH)–C–C–N with tert-alkyl or cyclic N) is 1. The number of aliphatic hydroxyl groups is 1. The van der Waals surface area contributed by atoms with Gasteiger partial charge >= 0.3 is 6.03 Å². The van der Waals surface area contributed by atoms with E-state index in [1.165, 1.54) is 24.3 Å². The molecule has 36 heavy (non-hydrogen) atoms. The second-order valence-corrected chi connectivity index (χ2v) is 9.01. The van der Waals surface area contributed by atoms with Gasteiger partial charge in [-0.05, 0) is 43.2 Å². The molecule has 2 aliphatic heterocycles. The van der Waals surface area contributed by atoms with Gasteiger partial charge in [0.05, 0.1) is 51.5 Å². The van der Waals surface area contributed by atoms with Crippen LogP contribution in [0.4, 0.5) is 14.9 Å². The largest absolute Gasteiger partial charge is 0.496 e. The first-order chi connectivity index (χ1) is 17.4. The van der Waals surface area contributed by atoms with E-state index in [0.717, 1.165) is 5.56 Å². The average molecular weight is 502 g/mol. The highest BCUT2D eigenvalue weighted by atomic mass is 19.1. The number of amides is 3. The van der Waals surface area contributed by atoms with E-state index >= 15 is 0 Å². The smallest absolute Gasteiger partial charge is 0.322 e. The molecule has 3 N–H and O–H groups in total. The number of hydrogen-bond acceptors (Lipinski definition) is 6. The standard InChI is InChI=1S/C26H32FN3O6/c1-34-23-5-3-2-4-17(23)13-28-25(32)12-21-10-11-22-24(36-21)16-35-15-20(31)14-30(22)26(33)29-19-8-6-18(27)7-9-19/h2-9,20-22,24,31H,10-16H2,1H3,(H,28,32)(H,29,33)/t20-,21+,22-,24+/m0/s1. The molecule has 0 bridgehead atoms. The van der Waals surface area contributed by atoms with Gasteiger partial charge in [0, 0.05) is 17.8 Å². The van der Waals surface area contributed by atoms with Crippen LogP contribution in [0.25, 0.3) is 0 Å². The SMILES string of the molecule is COc1ccccc1CNC(=O)C[C@H]1CC[C@H]2[C@@H](COC[C@@H](O)CN2C(=O)Nc2ccc(F)cc2)O1. The molecular formula is C26H32FN3O6. The maximum absolute atomic E-state index is 13.2. The molecule has 0 aliphatic carbocycles. The van der Waals surface area contributed by atoms with Crippen LogP contribution < -0.4 is 15.4 Å². The number of nitrogens with one attached hydrogen (secondary N) is 2. The van der Waals surface area contributed by atoms with Crippen LogP contribution in [-0.2, 0) is 20.8 Å². The molecule has 2 aromatic rings. The molecule has 4 atom stereocenters. The number of carbonyl (C=O) groups excluding carboxylic acids is 2. The van der Waals surface area contributed by atoms with Crippen LogP contribution in [0.5, 0.6) is 5.75 Å². The number of nitrogens with zero attached hydrogens (tertiary/aromatic N) is 1. The highest BCUT2D eigenvalue weighted by Crippen LogP contribution is 2.28. The molecule has 194 valence electrons. The molecule has 10 heteroatoms. The second kappa shape index (κ2) is 12.2. The van der Waals surface area contributed by atoms with Gasteiger partial charge in [0.1, 0.15) is 17.7 Å². The number of rotatable bonds is 6. The van der Waals surface area contributed by atoms with Crippen LogP contribution in [0.3, 0.4) is 0 Å². The molecule has 0 spiro atoms.